The summed E-state index contributed by atoms with van der Waals surface area (Å²) in [6.07, 6.45) is 9.95. The number of hydrogen-bond donors (Lipinski definition) is 0. The Morgan fingerprint density at radius 3 is 2.53 bits per heavy atom. The first kappa shape index (κ1) is 35.9. The number of halogens is 2. The van der Waals surface area contributed by atoms with Crippen LogP contribution in [-0.2, 0) is 29.2 Å². The van der Waals surface area contributed by atoms with Gasteiger partial charge in [0.2, 0.25) is 5.91 Å². The molecule has 0 N–H and O–H groups in total. The van der Waals surface area contributed by atoms with Crippen LogP contribution in [0.2, 0.25) is 0 Å². The highest BCUT2D eigenvalue weighted by Gasteiger charge is 2.62. The van der Waals surface area contributed by atoms with E-state index in [1.54, 1.807) is 19.4 Å². The fourth-order valence-electron chi connectivity index (χ4n) is 8.02. The number of amides is 1. The van der Waals surface area contributed by atoms with Crippen LogP contribution < -0.4 is 4.90 Å². The monoisotopic (exact) mass is 820 g/mol. The highest BCUT2D eigenvalue weighted by molar-refractivity contribution is 14.1. The zero-order valence-corrected chi connectivity index (χ0v) is 31.4. The number of esters is 2. The van der Waals surface area contributed by atoms with E-state index in [1.807, 2.05) is 23.1 Å². The number of anilines is 1. The minimum absolute atomic E-state index is 0.0141. The maximum Gasteiger partial charge on any atom is 0.339 e. The smallest absolute Gasteiger partial charge is 0.339 e. The van der Waals surface area contributed by atoms with Crippen LogP contribution in [0.5, 0.6) is 0 Å². The van der Waals surface area contributed by atoms with Crippen molar-refractivity contribution in [3.05, 3.63) is 73.5 Å². The first-order valence-electron chi connectivity index (χ1n) is 16.9. The van der Waals surface area contributed by atoms with Crippen LogP contribution in [0.1, 0.15) is 80.6 Å². The number of unbranched alkanes of at least 4 members (excludes halogenated alkanes) is 5. The van der Waals surface area contributed by atoms with E-state index in [4.69, 9.17) is 14.2 Å². The van der Waals surface area contributed by atoms with Crippen LogP contribution in [0.15, 0.2) is 58.8 Å². The quantitative estimate of drug-likeness (QED) is 0.0637. The average molecular weight is 822 g/mol. The number of carbonyl (C=O) groups excluding carboxylic acids is 3. The number of methoxy groups -OCH3 is 2. The molecular weight excluding hydrogens is 775 g/mol. The summed E-state index contributed by atoms with van der Waals surface area (Å²) in [5.41, 5.74) is 2.73. The number of rotatable bonds is 14. The Hall–Kier alpha value is -2.44. The lowest BCUT2D eigenvalue weighted by Gasteiger charge is -2.45. The molecule has 0 saturated carbocycles. The Kier molecular flexibility index (Phi) is 12.4. The third kappa shape index (κ3) is 7.44. The summed E-state index contributed by atoms with van der Waals surface area (Å²) in [5, 5.41) is 0. The summed E-state index contributed by atoms with van der Waals surface area (Å²) >= 11 is 5.58. The number of para-hydroxylation sites is 1. The molecule has 2 aromatic rings. The predicted molar refractivity (Wildman–Crippen MR) is 194 cm³/mol. The largest absolute Gasteiger partial charge is 0.504 e. The second kappa shape index (κ2) is 16.3. The average Bonchev–Trinajstić information content (AvgIpc) is 3.56. The minimum Gasteiger partial charge on any atom is -0.504 e. The minimum atomic E-state index is -0.604. The van der Waals surface area contributed by atoms with Gasteiger partial charge in [-0.15, -0.1) is 0 Å². The van der Waals surface area contributed by atoms with Crippen molar-refractivity contribution in [2.24, 2.45) is 11.8 Å². The lowest BCUT2D eigenvalue weighted by atomic mass is 9.67. The van der Waals surface area contributed by atoms with Crippen molar-refractivity contribution >= 4 is 62.1 Å². The van der Waals surface area contributed by atoms with Crippen LogP contribution >= 0.6 is 38.5 Å². The van der Waals surface area contributed by atoms with E-state index in [0.29, 0.717) is 30.7 Å². The van der Waals surface area contributed by atoms with Gasteiger partial charge in [-0.05, 0) is 96.5 Å². The third-order valence-electron chi connectivity index (χ3n) is 10.4. The van der Waals surface area contributed by atoms with Crippen LogP contribution in [0, 0.1) is 15.4 Å². The molecule has 10 heteroatoms. The SMILES string of the molecule is CC[C@H]1CN2CC[C@]3(C(=O)N(CCCCCCCCOC(=O)c4ccc(Br)cc4I)c4ccccc43)C2C[C@@H]1/C(=C\OC)C(=O)OC. The van der Waals surface area contributed by atoms with Gasteiger partial charge in [0.05, 0.1) is 43.6 Å². The Balaban J connectivity index is 1.16. The molecule has 0 bridgehead atoms. The fraction of sp³-hybridized carbons (Fsp3) is 0.541. The molecule has 0 aliphatic carbocycles. The van der Waals surface area contributed by atoms with Crippen molar-refractivity contribution in [2.45, 2.75) is 76.2 Å². The van der Waals surface area contributed by atoms with E-state index in [9.17, 15) is 14.4 Å². The first-order valence-corrected chi connectivity index (χ1v) is 18.7. The van der Waals surface area contributed by atoms with E-state index in [-0.39, 0.29) is 35.7 Å². The lowest BCUT2D eigenvalue weighted by molar-refractivity contribution is -0.137. The number of ether oxygens (including phenoxy) is 3. The van der Waals surface area contributed by atoms with E-state index < -0.39 is 5.41 Å². The fourth-order valence-corrected chi connectivity index (χ4v) is 9.55. The Bertz CT molecular complexity index is 1480. The molecule has 3 aliphatic rings. The lowest BCUT2D eigenvalue weighted by Crippen LogP contribution is -2.55. The third-order valence-corrected chi connectivity index (χ3v) is 11.8. The molecule has 3 aliphatic heterocycles. The van der Waals surface area contributed by atoms with Gasteiger partial charge in [-0.2, -0.15) is 0 Å². The van der Waals surface area contributed by atoms with E-state index in [2.05, 4.69) is 68.5 Å². The second-order valence-corrected chi connectivity index (χ2v) is 15.0. The van der Waals surface area contributed by atoms with Crippen molar-refractivity contribution < 1.29 is 28.6 Å². The van der Waals surface area contributed by atoms with Gasteiger partial charge in [-0.1, -0.05) is 73.2 Å². The summed E-state index contributed by atoms with van der Waals surface area (Å²) in [5.74, 6) is -0.174. The molecule has 2 aromatic carbocycles. The Labute approximate surface area is 300 Å². The molecule has 0 aromatic heterocycles. The molecule has 2 saturated heterocycles. The predicted octanol–water partition coefficient (Wildman–Crippen LogP) is 7.66. The maximum atomic E-state index is 14.5. The molecule has 254 valence electrons. The molecule has 1 spiro atoms. The topological polar surface area (TPSA) is 85.4 Å². The molecule has 1 unspecified atom stereocenters. The molecule has 8 nitrogen and oxygen atoms in total. The molecule has 1 amide bonds. The summed E-state index contributed by atoms with van der Waals surface area (Å²) in [7, 11) is 2.98. The summed E-state index contributed by atoms with van der Waals surface area (Å²) in [6.45, 7) is 5.02. The zero-order valence-electron chi connectivity index (χ0n) is 27.6. The van der Waals surface area contributed by atoms with Gasteiger partial charge in [-0.3, -0.25) is 9.69 Å². The van der Waals surface area contributed by atoms with Gasteiger partial charge >= 0.3 is 11.9 Å². The summed E-state index contributed by atoms with van der Waals surface area (Å²) < 4.78 is 17.8. The number of nitrogens with zero attached hydrogens (tertiary/aromatic N) is 2. The van der Waals surface area contributed by atoms with Crippen molar-refractivity contribution in [3.63, 3.8) is 0 Å². The van der Waals surface area contributed by atoms with Crippen molar-refractivity contribution in [1.29, 1.82) is 0 Å². The highest BCUT2D eigenvalue weighted by Crippen LogP contribution is 2.55. The normalized spacial score (nSPS) is 23.9. The molecule has 5 rings (SSSR count). The van der Waals surface area contributed by atoms with Crippen LogP contribution in [-0.4, -0.2) is 69.2 Å². The van der Waals surface area contributed by atoms with Gasteiger partial charge in [0.15, 0.2) is 0 Å². The van der Waals surface area contributed by atoms with Crippen molar-refractivity contribution in [1.82, 2.24) is 4.90 Å². The Morgan fingerprint density at radius 2 is 1.81 bits per heavy atom. The maximum absolute atomic E-state index is 14.5. The van der Waals surface area contributed by atoms with Gasteiger partial charge in [0.1, 0.15) is 0 Å². The summed E-state index contributed by atoms with van der Waals surface area (Å²) in [4.78, 5) is 44.3. The second-order valence-electron chi connectivity index (χ2n) is 12.9. The van der Waals surface area contributed by atoms with Gasteiger partial charge in [0.25, 0.3) is 0 Å². The zero-order chi connectivity index (χ0) is 33.6. The molecule has 0 radical (unpaired) electrons. The number of hydrogen-bond acceptors (Lipinski definition) is 7. The van der Waals surface area contributed by atoms with Crippen LogP contribution in [0.4, 0.5) is 5.69 Å². The van der Waals surface area contributed by atoms with Gasteiger partial charge in [0, 0.05) is 32.9 Å². The van der Waals surface area contributed by atoms with Crippen LogP contribution in [0.3, 0.4) is 0 Å². The number of fused-ring (bicyclic) bond motifs is 4. The van der Waals surface area contributed by atoms with Gasteiger partial charge < -0.3 is 19.1 Å². The Morgan fingerprint density at radius 1 is 1.06 bits per heavy atom. The summed E-state index contributed by atoms with van der Waals surface area (Å²) in [6, 6.07) is 13.9. The standard InChI is InChI=1S/C37H46BrIN2O6/c1-4-25-23-40-19-17-37(33(40)22-28(25)29(24-45-2)34(42)46-3)30-13-9-10-14-32(30)41(36(37)44)18-11-7-5-6-8-12-20-47-35(43)27-16-15-26(38)21-31(27)39/h9-10,13-16,21,24-25,28,33H,4-8,11-12,17-20,22-23H2,1-3H3/b29-24+/t25-,28-,33?,37+/m0/s1. The molecule has 4 atom stereocenters. The van der Waals surface area contributed by atoms with Crippen LogP contribution in [0.25, 0.3) is 0 Å². The number of benzene rings is 2. The molecular formula is C37H46BrIN2O6. The van der Waals surface area contributed by atoms with E-state index in [1.165, 1.54) is 7.11 Å². The molecule has 2 fully saturated rings. The molecule has 3 heterocycles. The first-order chi connectivity index (χ1) is 22.8. The molecule has 47 heavy (non-hydrogen) atoms. The number of carbonyl (C=O) groups is 3. The van der Waals surface area contributed by atoms with E-state index >= 15 is 0 Å². The van der Waals surface area contributed by atoms with Crippen molar-refractivity contribution in [2.75, 3.05) is 45.4 Å². The number of piperidine rings is 1. The van der Waals surface area contributed by atoms with E-state index in [0.717, 1.165) is 83.7 Å². The van der Waals surface area contributed by atoms with Gasteiger partial charge in [-0.25, -0.2) is 9.59 Å². The highest BCUT2D eigenvalue weighted by atomic mass is 127. The van der Waals surface area contributed by atoms with Crippen molar-refractivity contribution in [3.8, 4) is 0 Å².